The van der Waals surface area contributed by atoms with Crippen LogP contribution >= 0.6 is 0 Å². The largest absolute Gasteiger partial charge is 0.493 e. The Labute approximate surface area is 175 Å². The monoisotopic (exact) mass is 410 g/mol. The van der Waals surface area contributed by atoms with Crippen LogP contribution in [0.4, 0.5) is 0 Å². The Morgan fingerprint density at radius 2 is 1.83 bits per heavy atom. The molecule has 0 heterocycles. The quantitative estimate of drug-likeness (QED) is 0.640. The Kier molecular flexibility index (Phi) is 7.06. The van der Waals surface area contributed by atoms with E-state index in [1.54, 1.807) is 55.6 Å². The second-order valence-corrected chi connectivity index (χ2v) is 7.30. The van der Waals surface area contributed by atoms with Gasteiger partial charge in [-0.1, -0.05) is 24.3 Å². The molecule has 0 spiro atoms. The lowest BCUT2D eigenvalue weighted by Crippen LogP contribution is -2.36. The second kappa shape index (κ2) is 9.91. The Balaban J connectivity index is 1.96. The lowest BCUT2D eigenvalue weighted by molar-refractivity contribution is -0.121. The first kappa shape index (κ1) is 21.4. The fraction of sp³-hybridized carbons (Fsp3) is 0.348. The predicted octanol–water partition coefficient (Wildman–Crippen LogP) is 3.23. The maximum atomic E-state index is 12.9. The molecule has 0 bridgehead atoms. The minimum Gasteiger partial charge on any atom is -0.493 e. The number of nitrogens with zero attached hydrogens (tertiary/aromatic N) is 1. The zero-order chi connectivity index (χ0) is 21.5. The lowest BCUT2D eigenvalue weighted by atomic mass is 10.00. The van der Waals surface area contributed by atoms with Crippen LogP contribution in [-0.2, 0) is 9.59 Å². The number of hydrogen-bond acceptors (Lipinski definition) is 5. The van der Waals surface area contributed by atoms with E-state index in [0.717, 1.165) is 30.6 Å². The fourth-order valence-corrected chi connectivity index (χ4v) is 3.74. The molecule has 2 aromatic carbocycles. The zero-order valence-corrected chi connectivity index (χ0v) is 17.0. The van der Waals surface area contributed by atoms with Gasteiger partial charge in [0.2, 0.25) is 12.3 Å². The van der Waals surface area contributed by atoms with Crippen molar-refractivity contribution >= 4 is 18.2 Å². The van der Waals surface area contributed by atoms with E-state index in [1.165, 1.54) is 0 Å². The van der Waals surface area contributed by atoms with Gasteiger partial charge in [-0.2, -0.15) is 0 Å². The van der Waals surface area contributed by atoms with Crippen LogP contribution in [0.25, 0.3) is 0 Å². The smallest absolute Gasteiger partial charge is 0.260 e. The molecule has 30 heavy (non-hydrogen) atoms. The van der Waals surface area contributed by atoms with E-state index in [1.807, 2.05) is 0 Å². The first-order valence-electron chi connectivity index (χ1n) is 9.99. The number of carbonyl (C=O) groups is 3. The Bertz CT molecular complexity index is 894. The molecule has 1 saturated carbocycles. The third-order valence-corrected chi connectivity index (χ3v) is 5.27. The van der Waals surface area contributed by atoms with Crippen molar-refractivity contribution in [3.63, 3.8) is 0 Å². The predicted molar refractivity (Wildman–Crippen MR) is 111 cm³/mol. The van der Waals surface area contributed by atoms with Gasteiger partial charge in [0.25, 0.3) is 5.91 Å². The molecule has 3 rings (SSSR count). The number of amides is 3. The van der Waals surface area contributed by atoms with Gasteiger partial charge < -0.3 is 15.2 Å². The van der Waals surface area contributed by atoms with Crippen molar-refractivity contribution in [3.05, 3.63) is 59.7 Å². The standard InChI is InChI=1S/C23H26N2O5/c1-29-20-12-11-17(13-21(20)30-18-9-5-6-10-18)19(14-22(24)27)25(15-26)23(28)16-7-3-2-4-8-16/h2-4,7-8,11-13,15,18-19H,5-6,9-10,14H2,1H3,(H2,24,27). The molecule has 2 N–H and O–H groups in total. The van der Waals surface area contributed by atoms with Gasteiger partial charge in [0.15, 0.2) is 11.5 Å². The van der Waals surface area contributed by atoms with Crippen molar-refractivity contribution in [2.45, 2.75) is 44.2 Å². The summed E-state index contributed by atoms with van der Waals surface area (Å²) in [4.78, 5) is 37.6. The summed E-state index contributed by atoms with van der Waals surface area (Å²) in [5, 5.41) is 0. The van der Waals surface area contributed by atoms with Crippen LogP contribution < -0.4 is 15.2 Å². The molecule has 2 aromatic rings. The molecule has 1 aliphatic rings. The highest BCUT2D eigenvalue weighted by atomic mass is 16.5. The van der Waals surface area contributed by atoms with Gasteiger partial charge in [-0.25, -0.2) is 0 Å². The molecule has 7 heteroatoms. The Morgan fingerprint density at radius 3 is 2.43 bits per heavy atom. The van der Waals surface area contributed by atoms with Crippen LogP contribution in [0.2, 0.25) is 0 Å². The number of nitrogens with two attached hydrogens (primary N) is 1. The average molecular weight is 410 g/mol. The first-order chi connectivity index (χ1) is 14.5. The van der Waals surface area contributed by atoms with Crippen LogP contribution in [0.3, 0.4) is 0 Å². The van der Waals surface area contributed by atoms with Crippen molar-refractivity contribution in [3.8, 4) is 11.5 Å². The fourth-order valence-electron chi connectivity index (χ4n) is 3.74. The summed E-state index contributed by atoms with van der Waals surface area (Å²) < 4.78 is 11.5. The number of rotatable bonds is 9. The second-order valence-electron chi connectivity index (χ2n) is 7.30. The van der Waals surface area contributed by atoms with Gasteiger partial charge in [0, 0.05) is 5.56 Å². The van der Waals surface area contributed by atoms with Crippen molar-refractivity contribution in [1.82, 2.24) is 4.90 Å². The number of imide groups is 1. The van der Waals surface area contributed by atoms with Crippen LogP contribution in [0, 0.1) is 0 Å². The minimum atomic E-state index is -0.857. The van der Waals surface area contributed by atoms with Gasteiger partial charge in [-0.3, -0.25) is 19.3 Å². The molecule has 1 unspecified atom stereocenters. The van der Waals surface area contributed by atoms with Crippen molar-refractivity contribution in [1.29, 1.82) is 0 Å². The third-order valence-electron chi connectivity index (χ3n) is 5.27. The summed E-state index contributed by atoms with van der Waals surface area (Å²) in [5.74, 6) is -0.0578. The molecule has 0 saturated heterocycles. The van der Waals surface area contributed by atoms with E-state index < -0.39 is 17.9 Å². The zero-order valence-electron chi connectivity index (χ0n) is 17.0. The number of benzene rings is 2. The van der Waals surface area contributed by atoms with Gasteiger partial charge >= 0.3 is 0 Å². The van der Waals surface area contributed by atoms with E-state index >= 15 is 0 Å². The average Bonchev–Trinajstić information content (AvgIpc) is 3.27. The van der Waals surface area contributed by atoms with Crippen LogP contribution in [-0.4, -0.2) is 36.3 Å². The maximum Gasteiger partial charge on any atom is 0.260 e. The molecular weight excluding hydrogens is 384 g/mol. The van der Waals surface area contributed by atoms with Crippen molar-refractivity contribution < 1.29 is 23.9 Å². The summed E-state index contributed by atoms with van der Waals surface area (Å²) in [6, 6.07) is 12.7. The summed E-state index contributed by atoms with van der Waals surface area (Å²) in [6.45, 7) is 0. The minimum absolute atomic E-state index is 0.0943. The lowest BCUT2D eigenvalue weighted by Gasteiger charge is -2.27. The van der Waals surface area contributed by atoms with Crippen molar-refractivity contribution in [2.75, 3.05) is 7.11 Å². The highest BCUT2D eigenvalue weighted by Crippen LogP contribution is 2.36. The third kappa shape index (κ3) is 4.97. The highest BCUT2D eigenvalue weighted by Gasteiger charge is 2.29. The first-order valence-corrected chi connectivity index (χ1v) is 9.99. The SMILES string of the molecule is COc1ccc(C(CC(N)=O)N(C=O)C(=O)c2ccccc2)cc1OC1CCCC1. The van der Waals surface area contributed by atoms with Gasteiger partial charge in [-0.15, -0.1) is 0 Å². The highest BCUT2D eigenvalue weighted by molar-refractivity contribution is 6.00. The summed E-state index contributed by atoms with van der Waals surface area (Å²) in [7, 11) is 1.55. The molecule has 0 radical (unpaired) electrons. The molecule has 1 fully saturated rings. The number of ether oxygens (including phenoxy) is 2. The van der Waals surface area contributed by atoms with Crippen LogP contribution in [0.1, 0.15) is 54.1 Å². The number of carbonyl (C=O) groups excluding carboxylic acids is 3. The number of methoxy groups -OCH3 is 1. The van der Waals surface area contributed by atoms with Crippen LogP contribution in [0.15, 0.2) is 48.5 Å². The summed E-state index contributed by atoms with van der Waals surface area (Å²) >= 11 is 0. The Morgan fingerprint density at radius 1 is 1.13 bits per heavy atom. The topological polar surface area (TPSA) is 98.9 Å². The van der Waals surface area contributed by atoms with E-state index in [0.29, 0.717) is 29.0 Å². The number of primary amides is 1. The summed E-state index contributed by atoms with van der Waals surface area (Å²) in [6.07, 6.45) is 4.48. The molecule has 3 amide bonds. The van der Waals surface area contributed by atoms with E-state index in [2.05, 4.69) is 0 Å². The molecule has 1 atom stereocenters. The maximum absolute atomic E-state index is 12.9. The van der Waals surface area contributed by atoms with Crippen molar-refractivity contribution in [2.24, 2.45) is 5.73 Å². The van der Waals surface area contributed by atoms with Gasteiger partial charge in [0.1, 0.15) is 0 Å². The van der Waals surface area contributed by atoms with Gasteiger partial charge in [0.05, 0.1) is 25.7 Å². The molecule has 0 aliphatic heterocycles. The number of hydrogen-bond donors (Lipinski definition) is 1. The van der Waals surface area contributed by atoms with Gasteiger partial charge in [-0.05, 0) is 55.5 Å². The molecule has 158 valence electrons. The van der Waals surface area contributed by atoms with E-state index in [4.69, 9.17) is 15.2 Å². The van der Waals surface area contributed by atoms with E-state index in [-0.39, 0.29) is 12.5 Å². The van der Waals surface area contributed by atoms with Crippen LogP contribution in [0.5, 0.6) is 11.5 Å². The molecule has 1 aliphatic carbocycles. The normalized spacial score (nSPS) is 14.7. The molecule has 7 nitrogen and oxygen atoms in total. The van der Waals surface area contributed by atoms with E-state index in [9.17, 15) is 14.4 Å². The Hall–Kier alpha value is -3.35. The molecular formula is C23H26N2O5. The molecule has 0 aromatic heterocycles. The summed E-state index contributed by atoms with van der Waals surface area (Å²) in [5.41, 5.74) is 6.35.